The minimum Gasteiger partial charge on any atom is -0.449 e. The Morgan fingerprint density at radius 2 is 2.14 bits per heavy atom. The van der Waals surface area contributed by atoms with Gasteiger partial charge in [-0.3, -0.25) is 0 Å². The van der Waals surface area contributed by atoms with Gasteiger partial charge >= 0.3 is 0 Å². The van der Waals surface area contributed by atoms with Crippen molar-refractivity contribution in [3.8, 4) is 6.07 Å². The van der Waals surface area contributed by atoms with Crippen molar-refractivity contribution in [1.82, 2.24) is 5.32 Å². The molecule has 0 saturated carbocycles. The average molecular weight is 192 g/mol. The highest BCUT2D eigenvalue weighted by Crippen LogP contribution is 2.07. The van der Waals surface area contributed by atoms with Crippen LogP contribution in [-0.4, -0.2) is 6.04 Å². The van der Waals surface area contributed by atoms with Gasteiger partial charge in [-0.1, -0.05) is 13.8 Å². The quantitative estimate of drug-likeness (QED) is 0.779. The number of hydrogen-bond donors (Lipinski definition) is 1. The molecule has 0 aromatic carbocycles. The summed E-state index contributed by atoms with van der Waals surface area (Å²) < 4.78 is 5.25. The third kappa shape index (κ3) is 2.90. The zero-order chi connectivity index (χ0) is 10.4. The first-order valence-electron chi connectivity index (χ1n) is 5.02. The first kappa shape index (κ1) is 10.8. The van der Waals surface area contributed by atoms with Crippen molar-refractivity contribution in [1.29, 1.82) is 5.26 Å². The van der Waals surface area contributed by atoms with Crippen LogP contribution in [0.15, 0.2) is 16.5 Å². The van der Waals surface area contributed by atoms with E-state index >= 15 is 0 Å². The van der Waals surface area contributed by atoms with E-state index in [1.807, 2.05) is 12.1 Å². The van der Waals surface area contributed by atoms with Gasteiger partial charge in [-0.15, -0.1) is 0 Å². The first-order chi connectivity index (χ1) is 6.80. The minimum atomic E-state index is 0.381. The van der Waals surface area contributed by atoms with Crippen LogP contribution in [-0.2, 0) is 6.54 Å². The Kier molecular flexibility index (Phi) is 4.21. The smallest absolute Gasteiger partial charge is 0.203 e. The summed E-state index contributed by atoms with van der Waals surface area (Å²) in [5.41, 5.74) is 0. The molecule has 1 rings (SSSR count). The lowest BCUT2D eigenvalue weighted by molar-refractivity contribution is 0.425. The molecule has 0 aliphatic carbocycles. The summed E-state index contributed by atoms with van der Waals surface area (Å²) in [6.45, 7) is 5.02. The van der Waals surface area contributed by atoms with Gasteiger partial charge in [-0.2, -0.15) is 5.26 Å². The Bertz CT molecular complexity index is 307. The van der Waals surface area contributed by atoms with E-state index in [2.05, 4.69) is 19.2 Å². The predicted molar refractivity (Wildman–Crippen MR) is 54.6 cm³/mol. The SMILES string of the molecule is CCC(CC)NCc1ccc(C#N)o1. The molecule has 0 spiro atoms. The van der Waals surface area contributed by atoms with Crippen molar-refractivity contribution in [3.63, 3.8) is 0 Å². The average Bonchev–Trinajstić information content (AvgIpc) is 2.67. The highest BCUT2D eigenvalue weighted by atomic mass is 16.3. The van der Waals surface area contributed by atoms with E-state index in [1.165, 1.54) is 0 Å². The molecule has 3 heteroatoms. The second-order valence-electron chi connectivity index (χ2n) is 3.27. The van der Waals surface area contributed by atoms with Gasteiger partial charge in [0.25, 0.3) is 0 Å². The molecule has 1 aromatic rings. The fourth-order valence-electron chi connectivity index (χ4n) is 1.36. The summed E-state index contributed by atoms with van der Waals surface area (Å²) in [6, 6.07) is 6.04. The standard InChI is InChI=1S/C11H16N2O/c1-3-9(4-2)13-8-11-6-5-10(7-12)14-11/h5-6,9,13H,3-4,8H2,1-2H3. The van der Waals surface area contributed by atoms with Gasteiger partial charge in [0.1, 0.15) is 11.8 Å². The summed E-state index contributed by atoms with van der Waals surface area (Å²) in [5, 5.41) is 11.9. The monoisotopic (exact) mass is 192 g/mol. The highest BCUT2D eigenvalue weighted by molar-refractivity contribution is 5.18. The molecule has 1 aromatic heterocycles. The number of furan rings is 1. The molecule has 0 atom stereocenters. The van der Waals surface area contributed by atoms with Crippen molar-refractivity contribution >= 4 is 0 Å². The molecule has 14 heavy (non-hydrogen) atoms. The van der Waals surface area contributed by atoms with Crippen LogP contribution in [0.3, 0.4) is 0 Å². The summed E-state index contributed by atoms with van der Waals surface area (Å²) in [7, 11) is 0. The molecule has 0 aliphatic heterocycles. The zero-order valence-corrected chi connectivity index (χ0v) is 8.71. The van der Waals surface area contributed by atoms with Gasteiger partial charge in [-0.25, -0.2) is 0 Å². The minimum absolute atomic E-state index is 0.381. The molecule has 76 valence electrons. The second-order valence-corrected chi connectivity index (χ2v) is 3.27. The number of nitrogens with zero attached hydrogens (tertiary/aromatic N) is 1. The van der Waals surface area contributed by atoms with Crippen LogP contribution < -0.4 is 5.32 Å². The molecule has 0 radical (unpaired) electrons. The van der Waals surface area contributed by atoms with E-state index in [4.69, 9.17) is 9.68 Å². The zero-order valence-electron chi connectivity index (χ0n) is 8.71. The third-order valence-electron chi connectivity index (χ3n) is 2.32. The Labute approximate surface area is 84.7 Å². The second kappa shape index (κ2) is 5.46. The lowest BCUT2D eigenvalue weighted by Gasteiger charge is -2.12. The van der Waals surface area contributed by atoms with Crippen molar-refractivity contribution < 1.29 is 4.42 Å². The maximum absolute atomic E-state index is 8.56. The summed E-state index contributed by atoms with van der Waals surface area (Å²) in [5.74, 6) is 1.21. The van der Waals surface area contributed by atoms with E-state index < -0.39 is 0 Å². The van der Waals surface area contributed by atoms with Crippen LogP contribution in [0, 0.1) is 11.3 Å². The van der Waals surface area contributed by atoms with E-state index in [0.29, 0.717) is 18.3 Å². The molecular weight excluding hydrogens is 176 g/mol. The van der Waals surface area contributed by atoms with Crippen molar-refractivity contribution in [3.05, 3.63) is 23.7 Å². The molecule has 0 bridgehead atoms. The largest absolute Gasteiger partial charge is 0.449 e. The normalized spacial score (nSPS) is 10.4. The Morgan fingerprint density at radius 1 is 1.43 bits per heavy atom. The van der Waals surface area contributed by atoms with E-state index in [0.717, 1.165) is 18.6 Å². The van der Waals surface area contributed by atoms with Crippen molar-refractivity contribution in [2.24, 2.45) is 0 Å². The van der Waals surface area contributed by atoms with E-state index in [-0.39, 0.29) is 0 Å². The Morgan fingerprint density at radius 3 is 2.64 bits per heavy atom. The number of rotatable bonds is 5. The molecule has 0 amide bonds. The van der Waals surface area contributed by atoms with Gasteiger partial charge in [-0.05, 0) is 25.0 Å². The van der Waals surface area contributed by atoms with Gasteiger partial charge in [0.05, 0.1) is 6.54 Å². The van der Waals surface area contributed by atoms with Crippen LogP contribution in [0.4, 0.5) is 0 Å². The molecule has 0 saturated heterocycles. The van der Waals surface area contributed by atoms with Crippen molar-refractivity contribution in [2.75, 3.05) is 0 Å². The van der Waals surface area contributed by atoms with Crippen LogP contribution in [0.1, 0.15) is 38.2 Å². The molecule has 3 nitrogen and oxygen atoms in total. The Hall–Kier alpha value is -1.27. The van der Waals surface area contributed by atoms with Gasteiger partial charge in [0.2, 0.25) is 5.76 Å². The maximum Gasteiger partial charge on any atom is 0.203 e. The van der Waals surface area contributed by atoms with Crippen LogP contribution >= 0.6 is 0 Å². The van der Waals surface area contributed by atoms with Crippen LogP contribution in [0.2, 0.25) is 0 Å². The predicted octanol–water partition coefficient (Wildman–Crippen LogP) is 2.43. The fraction of sp³-hybridized carbons (Fsp3) is 0.545. The third-order valence-corrected chi connectivity index (χ3v) is 2.32. The van der Waals surface area contributed by atoms with Crippen LogP contribution in [0.5, 0.6) is 0 Å². The molecule has 0 aliphatic rings. The van der Waals surface area contributed by atoms with E-state index in [1.54, 1.807) is 6.07 Å². The van der Waals surface area contributed by atoms with Gasteiger partial charge in [0, 0.05) is 6.04 Å². The fourth-order valence-corrected chi connectivity index (χ4v) is 1.36. The van der Waals surface area contributed by atoms with Gasteiger partial charge in [0.15, 0.2) is 0 Å². The van der Waals surface area contributed by atoms with Gasteiger partial charge < -0.3 is 9.73 Å². The molecular formula is C11H16N2O. The first-order valence-corrected chi connectivity index (χ1v) is 5.02. The van der Waals surface area contributed by atoms with Crippen LogP contribution in [0.25, 0.3) is 0 Å². The highest BCUT2D eigenvalue weighted by Gasteiger charge is 2.04. The topological polar surface area (TPSA) is 49.0 Å². The van der Waals surface area contributed by atoms with Crippen molar-refractivity contribution in [2.45, 2.75) is 39.3 Å². The lowest BCUT2D eigenvalue weighted by atomic mass is 10.2. The summed E-state index contributed by atoms with van der Waals surface area (Å²) in [6.07, 6.45) is 2.23. The molecule has 0 unspecified atom stereocenters. The summed E-state index contributed by atoms with van der Waals surface area (Å²) >= 11 is 0. The Balaban J connectivity index is 2.41. The maximum atomic E-state index is 8.56. The number of hydrogen-bond acceptors (Lipinski definition) is 3. The number of nitrogens with one attached hydrogen (secondary N) is 1. The number of nitriles is 1. The molecule has 1 N–H and O–H groups in total. The molecule has 1 heterocycles. The summed E-state index contributed by atoms with van der Waals surface area (Å²) in [4.78, 5) is 0. The molecule has 0 fully saturated rings. The lowest BCUT2D eigenvalue weighted by Crippen LogP contribution is -2.26. The van der Waals surface area contributed by atoms with E-state index in [9.17, 15) is 0 Å².